The second-order valence-electron chi connectivity index (χ2n) is 7.21. The third kappa shape index (κ3) is 2.51. The average molecular weight is 370 g/mol. The Bertz CT molecular complexity index is 1180. The van der Waals surface area contributed by atoms with E-state index in [-0.39, 0.29) is 0 Å². The summed E-state index contributed by atoms with van der Waals surface area (Å²) in [6, 6.07) is 14.6. The number of benzene rings is 2. The molecule has 0 amide bonds. The molecule has 28 heavy (non-hydrogen) atoms. The molecule has 0 spiro atoms. The van der Waals surface area contributed by atoms with Gasteiger partial charge in [-0.15, -0.1) is 0 Å². The molecule has 0 saturated carbocycles. The summed E-state index contributed by atoms with van der Waals surface area (Å²) in [5, 5.41) is 11.6. The van der Waals surface area contributed by atoms with E-state index in [9.17, 15) is 0 Å². The lowest BCUT2D eigenvalue weighted by molar-refractivity contribution is 0.133. The van der Waals surface area contributed by atoms with Gasteiger partial charge in [-0.1, -0.05) is 24.3 Å². The summed E-state index contributed by atoms with van der Waals surface area (Å²) in [5.41, 5.74) is 6.65. The molecule has 0 fully saturated rings. The first-order valence-corrected chi connectivity index (χ1v) is 9.33. The number of H-pyrrole nitrogens is 1. The zero-order valence-corrected chi connectivity index (χ0v) is 15.1. The van der Waals surface area contributed by atoms with Crippen LogP contribution in [0.3, 0.4) is 0 Å². The zero-order chi connectivity index (χ0) is 18.5. The summed E-state index contributed by atoms with van der Waals surface area (Å²) >= 11 is 0. The van der Waals surface area contributed by atoms with Gasteiger partial charge in [0, 0.05) is 29.7 Å². The van der Waals surface area contributed by atoms with Gasteiger partial charge >= 0.3 is 0 Å². The highest BCUT2D eigenvalue weighted by Gasteiger charge is 2.25. The van der Waals surface area contributed by atoms with Gasteiger partial charge in [-0.25, -0.2) is 4.98 Å². The van der Waals surface area contributed by atoms with Gasteiger partial charge in [-0.05, 0) is 29.3 Å². The number of nitrogens with zero attached hydrogens (tertiary/aromatic N) is 4. The Morgan fingerprint density at radius 3 is 2.71 bits per heavy atom. The number of fused-ring (bicyclic) bond motifs is 3. The maximum atomic E-state index is 5.65. The van der Waals surface area contributed by atoms with Crippen molar-refractivity contribution in [2.75, 3.05) is 10.2 Å². The van der Waals surface area contributed by atoms with E-state index in [1.807, 2.05) is 18.3 Å². The van der Waals surface area contributed by atoms with Gasteiger partial charge in [0.25, 0.3) is 0 Å². The molecule has 0 saturated heterocycles. The number of anilines is 3. The van der Waals surface area contributed by atoms with Crippen molar-refractivity contribution >= 4 is 28.4 Å². The normalized spacial score (nSPS) is 15.1. The minimum Gasteiger partial charge on any atom is -0.370 e. The molecule has 0 unspecified atom stereocenters. The fourth-order valence-corrected chi connectivity index (χ4v) is 3.91. The monoisotopic (exact) mass is 370 g/mol. The molecule has 2 aliphatic heterocycles. The van der Waals surface area contributed by atoms with Gasteiger partial charge in [-0.2, -0.15) is 10.1 Å². The lowest BCUT2D eigenvalue weighted by Crippen LogP contribution is -2.19. The average Bonchev–Trinajstić information content (AvgIpc) is 3.45. The summed E-state index contributed by atoms with van der Waals surface area (Å²) < 4.78 is 5.65. The Balaban J connectivity index is 1.37. The van der Waals surface area contributed by atoms with Gasteiger partial charge in [-0.3, -0.25) is 5.10 Å². The minimum absolute atomic E-state index is 0.529. The molecule has 4 heterocycles. The number of aromatic amines is 1. The third-order valence-corrected chi connectivity index (χ3v) is 5.39. The summed E-state index contributed by atoms with van der Waals surface area (Å²) in [4.78, 5) is 11.9. The van der Waals surface area contributed by atoms with Crippen LogP contribution in [0.1, 0.15) is 22.4 Å². The molecule has 0 bridgehead atoms. The van der Waals surface area contributed by atoms with Crippen molar-refractivity contribution in [3.8, 4) is 0 Å². The fourth-order valence-electron chi connectivity index (χ4n) is 3.91. The van der Waals surface area contributed by atoms with Crippen LogP contribution in [0.4, 0.5) is 17.5 Å². The van der Waals surface area contributed by atoms with E-state index in [1.165, 1.54) is 11.1 Å². The smallest absolute Gasteiger partial charge is 0.228 e. The van der Waals surface area contributed by atoms with Crippen LogP contribution in [0, 0.1) is 0 Å². The predicted octanol–water partition coefficient (Wildman–Crippen LogP) is 3.65. The molecule has 2 aromatic heterocycles. The number of hydrogen-bond acceptors (Lipinski definition) is 6. The van der Waals surface area contributed by atoms with Gasteiger partial charge < -0.3 is 15.0 Å². The van der Waals surface area contributed by atoms with Crippen molar-refractivity contribution in [2.24, 2.45) is 0 Å². The molecular formula is C21H18N6O. The van der Waals surface area contributed by atoms with Gasteiger partial charge in [0.1, 0.15) is 5.82 Å². The lowest BCUT2D eigenvalue weighted by Gasteiger charge is -2.18. The Labute approximate surface area is 161 Å². The van der Waals surface area contributed by atoms with Crippen LogP contribution in [-0.2, 0) is 31.0 Å². The summed E-state index contributed by atoms with van der Waals surface area (Å²) in [6.45, 7) is 2.72. The van der Waals surface area contributed by atoms with E-state index in [1.54, 1.807) is 0 Å². The van der Waals surface area contributed by atoms with E-state index in [4.69, 9.17) is 14.7 Å². The highest BCUT2D eigenvalue weighted by molar-refractivity contribution is 5.83. The molecule has 7 nitrogen and oxygen atoms in total. The summed E-state index contributed by atoms with van der Waals surface area (Å²) in [6.07, 6.45) is 1.82. The second kappa shape index (κ2) is 6.03. The van der Waals surface area contributed by atoms with Crippen LogP contribution < -0.4 is 10.2 Å². The first kappa shape index (κ1) is 15.6. The van der Waals surface area contributed by atoms with Crippen LogP contribution in [-0.4, -0.2) is 20.2 Å². The van der Waals surface area contributed by atoms with Crippen molar-refractivity contribution in [2.45, 2.75) is 26.3 Å². The molecule has 2 aromatic carbocycles. The number of aromatic nitrogens is 4. The van der Waals surface area contributed by atoms with Crippen LogP contribution >= 0.6 is 0 Å². The first-order valence-electron chi connectivity index (χ1n) is 9.33. The summed E-state index contributed by atoms with van der Waals surface area (Å²) in [5.74, 6) is 1.56. The largest absolute Gasteiger partial charge is 0.370 e. The third-order valence-electron chi connectivity index (χ3n) is 5.39. The predicted molar refractivity (Wildman–Crippen MR) is 106 cm³/mol. The number of nitrogens with one attached hydrogen (secondary N) is 2. The molecule has 7 heteroatoms. The molecule has 0 aliphatic carbocycles. The first-order chi connectivity index (χ1) is 13.8. The van der Waals surface area contributed by atoms with E-state index in [0.29, 0.717) is 13.2 Å². The minimum atomic E-state index is 0.529. The molecule has 0 atom stereocenters. The van der Waals surface area contributed by atoms with Crippen LogP contribution in [0.2, 0.25) is 0 Å². The zero-order valence-electron chi connectivity index (χ0n) is 15.1. The highest BCUT2D eigenvalue weighted by Crippen LogP contribution is 2.32. The molecule has 2 aliphatic rings. The molecule has 2 N–H and O–H groups in total. The molecule has 6 rings (SSSR count). The molecule has 138 valence electrons. The van der Waals surface area contributed by atoms with Crippen LogP contribution in [0.15, 0.2) is 48.7 Å². The van der Waals surface area contributed by atoms with Crippen LogP contribution in [0.5, 0.6) is 0 Å². The van der Waals surface area contributed by atoms with Gasteiger partial charge in [0.2, 0.25) is 5.95 Å². The standard InChI is InChI=1S/C21H18N6O/c1-2-4-14-10-27(9-13(14)3-1)21-24-19-12-28-11-17(19)20(25-21)23-16-5-6-18-15(7-16)8-22-26-18/h1-8H,9-12H2,(H,22,26)(H,23,24,25). The topological polar surface area (TPSA) is 79.0 Å². The van der Waals surface area contributed by atoms with Crippen molar-refractivity contribution in [3.05, 3.63) is 71.0 Å². The SMILES string of the molecule is c1ccc2c(c1)CN(c1nc3c(c(Nc4ccc5[nH]ncc5c4)n1)COC3)C2. The maximum Gasteiger partial charge on any atom is 0.228 e. The quantitative estimate of drug-likeness (QED) is 0.573. The Hall–Kier alpha value is -3.45. The van der Waals surface area contributed by atoms with E-state index in [2.05, 4.69) is 50.7 Å². The van der Waals surface area contributed by atoms with Crippen LogP contribution in [0.25, 0.3) is 10.9 Å². The maximum absolute atomic E-state index is 5.65. The van der Waals surface area contributed by atoms with Crippen molar-refractivity contribution in [3.63, 3.8) is 0 Å². The van der Waals surface area contributed by atoms with E-state index < -0.39 is 0 Å². The molecule has 4 aromatic rings. The Kier molecular flexibility index (Phi) is 3.36. The number of ether oxygens (including phenoxy) is 1. The highest BCUT2D eigenvalue weighted by atomic mass is 16.5. The number of rotatable bonds is 3. The van der Waals surface area contributed by atoms with E-state index >= 15 is 0 Å². The number of hydrogen-bond donors (Lipinski definition) is 2. The van der Waals surface area contributed by atoms with Crippen molar-refractivity contribution < 1.29 is 4.74 Å². The lowest BCUT2D eigenvalue weighted by atomic mass is 10.1. The molecule has 0 radical (unpaired) electrons. The Morgan fingerprint density at radius 1 is 1.00 bits per heavy atom. The Morgan fingerprint density at radius 2 is 1.86 bits per heavy atom. The van der Waals surface area contributed by atoms with Gasteiger partial charge in [0.15, 0.2) is 0 Å². The molecular weight excluding hydrogens is 352 g/mol. The van der Waals surface area contributed by atoms with E-state index in [0.717, 1.165) is 52.7 Å². The van der Waals surface area contributed by atoms with Gasteiger partial charge in [0.05, 0.1) is 30.6 Å². The second-order valence-corrected chi connectivity index (χ2v) is 7.21. The fraction of sp³-hybridized carbons (Fsp3) is 0.190. The van der Waals surface area contributed by atoms with Crippen molar-refractivity contribution in [1.29, 1.82) is 0 Å². The summed E-state index contributed by atoms with van der Waals surface area (Å²) in [7, 11) is 0. The van der Waals surface area contributed by atoms with Crippen molar-refractivity contribution in [1.82, 2.24) is 20.2 Å².